The molecule has 32 heavy (non-hydrogen) atoms. The second-order valence-electron chi connectivity index (χ2n) is 7.56. The van der Waals surface area contributed by atoms with Crippen molar-refractivity contribution in [3.05, 3.63) is 48.0 Å². The molecule has 1 fully saturated rings. The average molecular weight is 440 g/mol. The monoisotopic (exact) mass is 440 g/mol. The van der Waals surface area contributed by atoms with Gasteiger partial charge in [0.05, 0.1) is 19.9 Å². The van der Waals surface area contributed by atoms with Crippen molar-refractivity contribution in [1.29, 1.82) is 0 Å². The van der Waals surface area contributed by atoms with Gasteiger partial charge < -0.3 is 24.4 Å². The van der Waals surface area contributed by atoms with E-state index >= 15 is 0 Å². The van der Waals surface area contributed by atoms with Crippen molar-refractivity contribution in [1.82, 2.24) is 4.90 Å². The van der Waals surface area contributed by atoms with E-state index in [0.29, 0.717) is 54.4 Å². The lowest BCUT2D eigenvalue weighted by Gasteiger charge is -2.31. The number of Topliss-reactive ketones (excluding diaryl/α,β-unsaturated/α-hetero) is 1. The minimum atomic E-state index is -0.177. The highest BCUT2D eigenvalue weighted by Crippen LogP contribution is 2.29. The second-order valence-corrected chi connectivity index (χ2v) is 7.56. The Morgan fingerprint density at radius 3 is 2.31 bits per heavy atom. The van der Waals surface area contributed by atoms with Crippen LogP contribution < -0.4 is 19.5 Å². The van der Waals surface area contributed by atoms with Crippen LogP contribution in [0.25, 0.3) is 0 Å². The number of amides is 2. The maximum absolute atomic E-state index is 12.6. The summed E-state index contributed by atoms with van der Waals surface area (Å²) in [6, 6.07) is 12.1. The number of piperidine rings is 1. The number of benzene rings is 2. The van der Waals surface area contributed by atoms with Gasteiger partial charge in [0.2, 0.25) is 5.91 Å². The molecule has 170 valence electrons. The van der Waals surface area contributed by atoms with Crippen molar-refractivity contribution in [2.45, 2.75) is 19.8 Å². The fourth-order valence-corrected chi connectivity index (χ4v) is 3.61. The summed E-state index contributed by atoms with van der Waals surface area (Å²) in [5.74, 6) is 0.915. The molecule has 0 spiro atoms. The Balaban J connectivity index is 1.50. The maximum atomic E-state index is 12.6. The Labute approximate surface area is 187 Å². The molecule has 0 bridgehead atoms. The minimum absolute atomic E-state index is 0.0758. The van der Waals surface area contributed by atoms with Crippen molar-refractivity contribution in [2.24, 2.45) is 5.92 Å². The van der Waals surface area contributed by atoms with Crippen LogP contribution in [0.4, 0.5) is 5.69 Å². The van der Waals surface area contributed by atoms with Gasteiger partial charge in [-0.15, -0.1) is 0 Å². The van der Waals surface area contributed by atoms with E-state index < -0.39 is 0 Å². The summed E-state index contributed by atoms with van der Waals surface area (Å²) in [5, 5.41) is 2.92. The van der Waals surface area contributed by atoms with E-state index in [0.717, 1.165) is 0 Å². The molecular formula is C24H28N2O6. The molecule has 2 aromatic carbocycles. The summed E-state index contributed by atoms with van der Waals surface area (Å²) >= 11 is 0. The van der Waals surface area contributed by atoms with E-state index in [2.05, 4.69) is 5.32 Å². The molecule has 1 N–H and O–H groups in total. The van der Waals surface area contributed by atoms with Gasteiger partial charge in [0, 0.05) is 24.6 Å². The number of carbonyl (C=O) groups excluding carboxylic acids is 3. The fourth-order valence-electron chi connectivity index (χ4n) is 3.61. The second kappa shape index (κ2) is 10.7. The van der Waals surface area contributed by atoms with Gasteiger partial charge in [-0.05, 0) is 50.1 Å². The summed E-state index contributed by atoms with van der Waals surface area (Å²) in [7, 11) is 3.04. The first kappa shape index (κ1) is 23.1. The zero-order valence-electron chi connectivity index (χ0n) is 18.6. The van der Waals surface area contributed by atoms with Crippen LogP contribution in [0.3, 0.4) is 0 Å². The number of nitrogens with one attached hydrogen (secondary N) is 1. The van der Waals surface area contributed by atoms with Gasteiger partial charge in [-0.1, -0.05) is 12.1 Å². The SMILES string of the molecule is COc1ccccc1NC(=O)C1CCN(C(=O)COc2ccc(C(C)=O)cc2OC)CC1. The summed E-state index contributed by atoms with van der Waals surface area (Å²) in [6.45, 7) is 2.28. The van der Waals surface area contributed by atoms with E-state index in [1.165, 1.54) is 14.0 Å². The molecule has 1 saturated heterocycles. The largest absolute Gasteiger partial charge is 0.495 e. The molecule has 2 amide bonds. The average Bonchev–Trinajstić information content (AvgIpc) is 2.82. The number of para-hydroxylation sites is 2. The van der Waals surface area contributed by atoms with Crippen LogP contribution in [0.2, 0.25) is 0 Å². The van der Waals surface area contributed by atoms with Crippen molar-refractivity contribution in [3.63, 3.8) is 0 Å². The first-order valence-corrected chi connectivity index (χ1v) is 10.5. The number of hydrogen-bond donors (Lipinski definition) is 1. The predicted octanol–water partition coefficient (Wildman–Crippen LogP) is 3.16. The van der Waals surface area contributed by atoms with Crippen molar-refractivity contribution >= 4 is 23.3 Å². The Kier molecular flexibility index (Phi) is 7.70. The number of hydrogen-bond acceptors (Lipinski definition) is 6. The van der Waals surface area contributed by atoms with E-state index in [1.54, 1.807) is 42.3 Å². The number of nitrogens with zero attached hydrogens (tertiary/aromatic N) is 1. The molecule has 0 unspecified atom stereocenters. The van der Waals surface area contributed by atoms with E-state index in [-0.39, 0.29) is 30.1 Å². The summed E-state index contributed by atoms with van der Waals surface area (Å²) in [5.41, 5.74) is 1.14. The number of rotatable bonds is 8. The molecule has 0 saturated carbocycles. The highest BCUT2D eigenvalue weighted by Gasteiger charge is 2.28. The normalized spacial score (nSPS) is 13.9. The lowest BCUT2D eigenvalue weighted by atomic mass is 9.95. The lowest BCUT2D eigenvalue weighted by molar-refractivity contribution is -0.136. The Hall–Kier alpha value is -3.55. The number of anilines is 1. The molecule has 0 radical (unpaired) electrons. The van der Waals surface area contributed by atoms with Gasteiger partial charge >= 0.3 is 0 Å². The number of carbonyl (C=O) groups is 3. The summed E-state index contributed by atoms with van der Waals surface area (Å²) in [4.78, 5) is 38.4. The standard InChI is InChI=1S/C24H28N2O6/c1-16(27)18-8-9-21(22(14-18)31-3)32-15-23(28)26-12-10-17(11-13-26)24(29)25-19-6-4-5-7-20(19)30-2/h4-9,14,17H,10-13,15H2,1-3H3,(H,25,29). The summed E-state index contributed by atoms with van der Waals surface area (Å²) < 4.78 is 16.2. The van der Waals surface area contributed by atoms with E-state index in [1.807, 2.05) is 12.1 Å². The van der Waals surface area contributed by atoms with Crippen LogP contribution in [0.5, 0.6) is 17.2 Å². The number of ketones is 1. The topological polar surface area (TPSA) is 94.2 Å². The van der Waals surface area contributed by atoms with Gasteiger partial charge in [0.1, 0.15) is 5.75 Å². The van der Waals surface area contributed by atoms with Crippen molar-refractivity contribution in [3.8, 4) is 17.2 Å². The van der Waals surface area contributed by atoms with Gasteiger partial charge in [0.15, 0.2) is 23.9 Å². The third-order valence-corrected chi connectivity index (χ3v) is 5.50. The number of likely N-dealkylation sites (tertiary alicyclic amines) is 1. The fraction of sp³-hybridized carbons (Fsp3) is 0.375. The molecule has 3 rings (SSSR count). The smallest absolute Gasteiger partial charge is 0.260 e. The molecular weight excluding hydrogens is 412 g/mol. The van der Waals surface area contributed by atoms with E-state index in [4.69, 9.17) is 14.2 Å². The molecule has 0 aromatic heterocycles. The van der Waals surface area contributed by atoms with Crippen LogP contribution in [-0.4, -0.2) is 56.4 Å². The molecule has 1 aliphatic rings. The van der Waals surface area contributed by atoms with Gasteiger partial charge in [0.25, 0.3) is 5.91 Å². The van der Waals surface area contributed by atoms with Crippen LogP contribution in [0, 0.1) is 5.92 Å². The lowest BCUT2D eigenvalue weighted by Crippen LogP contribution is -2.43. The first-order chi connectivity index (χ1) is 15.4. The third kappa shape index (κ3) is 5.57. The van der Waals surface area contributed by atoms with Gasteiger partial charge in [-0.2, -0.15) is 0 Å². The zero-order chi connectivity index (χ0) is 23.1. The molecule has 1 heterocycles. The Morgan fingerprint density at radius 2 is 1.66 bits per heavy atom. The van der Waals surface area contributed by atoms with E-state index in [9.17, 15) is 14.4 Å². The van der Waals surface area contributed by atoms with Crippen molar-refractivity contribution < 1.29 is 28.6 Å². The minimum Gasteiger partial charge on any atom is -0.495 e. The Morgan fingerprint density at radius 1 is 0.969 bits per heavy atom. The summed E-state index contributed by atoms with van der Waals surface area (Å²) in [6.07, 6.45) is 1.15. The van der Waals surface area contributed by atoms with Crippen molar-refractivity contribution in [2.75, 3.05) is 39.2 Å². The van der Waals surface area contributed by atoms with Gasteiger partial charge in [-0.25, -0.2) is 0 Å². The first-order valence-electron chi connectivity index (χ1n) is 10.5. The van der Waals surface area contributed by atoms with Crippen LogP contribution in [0.1, 0.15) is 30.1 Å². The molecule has 0 aliphatic carbocycles. The zero-order valence-corrected chi connectivity index (χ0v) is 18.6. The highest BCUT2D eigenvalue weighted by atomic mass is 16.5. The van der Waals surface area contributed by atoms with Crippen LogP contribution in [0.15, 0.2) is 42.5 Å². The predicted molar refractivity (Wildman–Crippen MR) is 119 cm³/mol. The van der Waals surface area contributed by atoms with Gasteiger partial charge in [-0.3, -0.25) is 14.4 Å². The quantitative estimate of drug-likeness (QED) is 0.634. The number of ether oxygens (including phenoxy) is 3. The number of methoxy groups -OCH3 is 2. The molecule has 2 aromatic rings. The van der Waals surface area contributed by atoms with Crippen LogP contribution in [-0.2, 0) is 9.59 Å². The third-order valence-electron chi connectivity index (χ3n) is 5.50. The Bertz CT molecular complexity index is 982. The molecule has 8 nitrogen and oxygen atoms in total. The molecule has 1 aliphatic heterocycles. The van der Waals surface area contributed by atoms with Crippen LogP contribution >= 0.6 is 0 Å². The molecule has 8 heteroatoms. The molecule has 0 atom stereocenters. The highest BCUT2D eigenvalue weighted by molar-refractivity contribution is 5.95. The maximum Gasteiger partial charge on any atom is 0.260 e.